The smallest absolute Gasteiger partial charge is 0.306 e. The summed E-state index contributed by atoms with van der Waals surface area (Å²) in [6.07, 6.45) is 2.07. The van der Waals surface area contributed by atoms with Gasteiger partial charge in [0.05, 0.1) is 18.1 Å². The molecule has 1 unspecified atom stereocenters. The Kier molecular flexibility index (Phi) is 9.12. The number of hydrogen-bond donors (Lipinski definition) is 0. The normalized spacial score (nSPS) is 13.5. The fourth-order valence-electron chi connectivity index (χ4n) is 2.54. The van der Waals surface area contributed by atoms with E-state index in [0.29, 0.717) is 6.42 Å². The highest BCUT2D eigenvalue weighted by atomic mass is 32.2. The molecule has 0 radical (unpaired) electrons. The quantitative estimate of drug-likeness (QED) is 0.364. The molecule has 0 bridgehead atoms. The molecule has 0 aliphatic rings. The maximum atomic E-state index is 13.2. The molecule has 0 saturated heterocycles. The summed E-state index contributed by atoms with van der Waals surface area (Å²) in [5.74, 6) is 0. The van der Waals surface area contributed by atoms with Crippen LogP contribution < -0.4 is 0 Å². The predicted octanol–water partition coefficient (Wildman–Crippen LogP) is 4.73. The van der Waals surface area contributed by atoms with Crippen LogP contribution >= 0.6 is 7.60 Å². The molecule has 27 heavy (non-hydrogen) atoms. The first-order chi connectivity index (χ1) is 12.7. The maximum absolute atomic E-state index is 13.2. The van der Waals surface area contributed by atoms with Gasteiger partial charge in [0.25, 0.3) is 0 Å². The first kappa shape index (κ1) is 23.8. The summed E-state index contributed by atoms with van der Waals surface area (Å²) in [6, 6.07) is 6.10. The summed E-state index contributed by atoms with van der Waals surface area (Å²) in [5.41, 5.74) is 0.956. The molecular formula is C19H30NO5PS. The Morgan fingerprint density at radius 3 is 2.11 bits per heavy atom. The highest BCUT2D eigenvalue weighted by Crippen LogP contribution is 2.55. The van der Waals surface area contributed by atoms with Crippen LogP contribution in [-0.2, 0) is 23.6 Å². The van der Waals surface area contributed by atoms with E-state index in [0.717, 1.165) is 5.56 Å². The van der Waals surface area contributed by atoms with Crippen molar-refractivity contribution in [2.75, 3.05) is 19.8 Å². The highest BCUT2D eigenvalue weighted by Gasteiger charge is 2.35. The van der Waals surface area contributed by atoms with Crippen LogP contribution in [0.3, 0.4) is 0 Å². The average molecular weight is 415 g/mol. The molecule has 0 aromatic heterocycles. The van der Waals surface area contributed by atoms with E-state index in [1.54, 1.807) is 44.2 Å². The van der Waals surface area contributed by atoms with Crippen molar-refractivity contribution >= 4 is 17.6 Å². The molecule has 1 aromatic rings. The van der Waals surface area contributed by atoms with Crippen LogP contribution in [0.15, 0.2) is 53.7 Å². The minimum absolute atomic E-state index is 0.0992. The van der Waals surface area contributed by atoms with Gasteiger partial charge in [-0.2, -0.15) is 4.31 Å². The Morgan fingerprint density at radius 2 is 1.70 bits per heavy atom. The number of benzene rings is 1. The van der Waals surface area contributed by atoms with Crippen molar-refractivity contribution in [3.63, 3.8) is 0 Å². The molecule has 0 fully saturated rings. The first-order valence-corrected chi connectivity index (χ1v) is 11.9. The third kappa shape index (κ3) is 5.87. The average Bonchev–Trinajstić information content (AvgIpc) is 2.62. The van der Waals surface area contributed by atoms with Crippen LogP contribution in [0.25, 0.3) is 0 Å². The number of sulfonamides is 1. The zero-order valence-electron chi connectivity index (χ0n) is 16.6. The van der Waals surface area contributed by atoms with E-state index in [-0.39, 0.29) is 30.0 Å². The van der Waals surface area contributed by atoms with Crippen LogP contribution in [0, 0.1) is 6.92 Å². The van der Waals surface area contributed by atoms with E-state index in [1.807, 2.05) is 13.8 Å². The highest BCUT2D eigenvalue weighted by molar-refractivity contribution is 7.89. The van der Waals surface area contributed by atoms with E-state index in [1.165, 1.54) is 4.31 Å². The van der Waals surface area contributed by atoms with E-state index in [9.17, 15) is 13.0 Å². The SMILES string of the molecule is C=CC(CC)N(CC(=C)P(=O)(OCC)OCC)S(=O)(=O)c1ccc(C)cc1. The van der Waals surface area contributed by atoms with Gasteiger partial charge in [0, 0.05) is 17.9 Å². The van der Waals surface area contributed by atoms with Crippen LogP contribution in [0.4, 0.5) is 0 Å². The van der Waals surface area contributed by atoms with Gasteiger partial charge in [-0.15, -0.1) is 6.58 Å². The lowest BCUT2D eigenvalue weighted by Crippen LogP contribution is -2.40. The Morgan fingerprint density at radius 1 is 1.19 bits per heavy atom. The molecule has 0 spiro atoms. The molecule has 0 saturated carbocycles. The van der Waals surface area contributed by atoms with Crippen LogP contribution in [0.1, 0.15) is 32.8 Å². The van der Waals surface area contributed by atoms with Crippen LogP contribution in [0.2, 0.25) is 0 Å². The van der Waals surface area contributed by atoms with Crippen molar-refractivity contribution in [3.05, 3.63) is 54.4 Å². The monoisotopic (exact) mass is 415 g/mol. The molecule has 6 nitrogen and oxygen atoms in total. The fourth-order valence-corrected chi connectivity index (χ4v) is 5.75. The Bertz CT molecular complexity index is 779. The van der Waals surface area contributed by atoms with Gasteiger partial charge < -0.3 is 9.05 Å². The molecule has 0 aliphatic carbocycles. The van der Waals surface area contributed by atoms with Crippen LogP contribution in [0.5, 0.6) is 0 Å². The molecule has 1 aromatic carbocycles. The van der Waals surface area contributed by atoms with Crippen molar-refractivity contribution in [3.8, 4) is 0 Å². The largest absolute Gasteiger partial charge is 0.358 e. The second-order valence-corrected chi connectivity index (χ2v) is 10.0. The van der Waals surface area contributed by atoms with Crippen molar-refractivity contribution < 1.29 is 22.0 Å². The molecule has 152 valence electrons. The molecule has 0 heterocycles. The van der Waals surface area contributed by atoms with Crippen molar-refractivity contribution in [2.24, 2.45) is 0 Å². The molecule has 0 N–H and O–H groups in total. The molecule has 1 rings (SSSR count). The second-order valence-electron chi connectivity index (χ2n) is 5.97. The topological polar surface area (TPSA) is 72.9 Å². The Balaban J connectivity index is 3.33. The third-order valence-electron chi connectivity index (χ3n) is 4.01. The van der Waals surface area contributed by atoms with Gasteiger partial charge in [0.2, 0.25) is 10.0 Å². The predicted molar refractivity (Wildman–Crippen MR) is 109 cm³/mol. The zero-order chi connectivity index (χ0) is 20.7. The fraction of sp³-hybridized carbons (Fsp3) is 0.474. The van der Waals surface area contributed by atoms with Gasteiger partial charge in [0.15, 0.2) is 0 Å². The molecule has 0 amide bonds. The summed E-state index contributed by atoms with van der Waals surface area (Å²) in [7, 11) is -7.49. The van der Waals surface area contributed by atoms with Crippen LogP contribution in [-0.4, -0.2) is 38.5 Å². The summed E-state index contributed by atoms with van der Waals surface area (Å²) in [4.78, 5) is 0.156. The maximum Gasteiger partial charge on any atom is 0.358 e. The number of aryl methyl sites for hydroxylation is 1. The zero-order valence-corrected chi connectivity index (χ0v) is 18.3. The van der Waals surface area contributed by atoms with Crippen molar-refractivity contribution in [2.45, 2.75) is 45.1 Å². The number of rotatable bonds is 12. The van der Waals surface area contributed by atoms with E-state index in [2.05, 4.69) is 13.2 Å². The first-order valence-electron chi connectivity index (χ1n) is 8.94. The van der Waals surface area contributed by atoms with Gasteiger partial charge in [0.1, 0.15) is 0 Å². The lowest BCUT2D eigenvalue weighted by Gasteiger charge is -2.30. The van der Waals surface area contributed by atoms with Crippen molar-refractivity contribution in [1.29, 1.82) is 0 Å². The molecular weight excluding hydrogens is 385 g/mol. The van der Waals surface area contributed by atoms with Gasteiger partial charge in [-0.3, -0.25) is 4.57 Å². The summed E-state index contributed by atoms with van der Waals surface area (Å²) < 4.78 is 51.3. The number of nitrogens with zero attached hydrogens (tertiary/aromatic N) is 1. The number of hydrogen-bond acceptors (Lipinski definition) is 5. The van der Waals surface area contributed by atoms with Crippen molar-refractivity contribution in [1.82, 2.24) is 4.31 Å². The second kappa shape index (κ2) is 10.3. The van der Waals surface area contributed by atoms with Gasteiger partial charge >= 0.3 is 7.60 Å². The Hall–Kier alpha value is -1.24. The Labute approximate surface area is 163 Å². The summed E-state index contributed by atoms with van der Waals surface area (Å²) >= 11 is 0. The minimum Gasteiger partial charge on any atom is -0.306 e. The van der Waals surface area contributed by atoms with Gasteiger partial charge in [-0.05, 0) is 39.3 Å². The third-order valence-corrected chi connectivity index (χ3v) is 8.01. The lowest BCUT2D eigenvalue weighted by atomic mass is 10.2. The standard InChI is InChI=1S/C19H30NO5PS/c1-7-18(8-2)20(15-17(6)26(21,24-9-3)25-10-4)27(22,23)19-13-11-16(5)12-14-19/h7,11-14,18H,1,6,8-10,15H2,2-5H3. The summed E-state index contributed by atoms with van der Waals surface area (Å²) in [5, 5.41) is 0.0992. The van der Waals surface area contributed by atoms with Gasteiger partial charge in [-0.1, -0.05) is 37.3 Å². The van der Waals surface area contributed by atoms with E-state index in [4.69, 9.17) is 9.05 Å². The molecule has 0 aliphatic heterocycles. The van der Waals surface area contributed by atoms with E-state index >= 15 is 0 Å². The molecule has 8 heteroatoms. The minimum atomic E-state index is -3.86. The molecule has 1 atom stereocenters. The lowest BCUT2D eigenvalue weighted by molar-refractivity contribution is 0.224. The van der Waals surface area contributed by atoms with E-state index < -0.39 is 23.7 Å². The summed E-state index contributed by atoms with van der Waals surface area (Å²) in [6.45, 7) is 14.8. The van der Waals surface area contributed by atoms with Gasteiger partial charge in [-0.25, -0.2) is 8.42 Å².